The third-order valence-electron chi connectivity index (χ3n) is 7.35. The highest BCUT2D eigenvalue weighted by molar-refractivity contribution is 7.17. The number of hydrogen-bond donors (Lipinski definition) is 1. The van der Waals surface area contributed by atoms with Crippen molar-refractivity contribution in [3.05, 3.63) is 34.5 Å². The van der Waals surface area contributed by atoms with Crippen LogP contribution in [0.4, 0.5) is 0 Å². The van der Waals surface area contributed by atoms with Gasteiger partial charge in [-0.05, 0) is 44.9 Å². The molecule has 10 heteroatoms. The van der Waals surface area contributed by atoms with Crippen molar-refractivity contribution >= 4 is 40.4 Å². The van der Waals surface area contributed by atoms with Gasteiger partial charge in [-0.1, -0.05) is 12.8 Å². The minimum Gasteiger partial charge on any atom is -0.367 e. The summed E-state index contributed by atoms with van der Waals surface area (Å²) >= 11 is 7.86. The predicted molar refractivity (Wildman–Crippen MR) is 133 cm³/mol. The molecule has 3 fully saturated rings. The second-order valence-electron chi connectivity index (χ2n) is 9.66. The summed E-state index contributed by atoms with van der Waals surface area (Å²) in [4.78, 5) is 42.2. The molecule has 2 saturated heterocycles. The number of nitrogens with zero attached hydrogens (tertiary/aromatic N) is 3. The van der Waals surface area contributed by atoms with Crippen LogP contribution in [-0.2, 0) is 14.3 Å². The third kappa shape index (κ3) is 4.79. The number of aromatic nitrogens is 2. The van der Waals surface area contributed by atoms with E-state index in [9.17, 15) is 14.4 Å². The zero-order chi connectivity index (χ0) is 24.7. The molecule has 1 N–H and O–H groups in total. The lowest BCUT2D eigenvalue weighted by Gasteiger charge is -2.39. The Morgan fingerprint density at radius 3 is 2.86 bits per heavy atom. The molecule has 1 saturated carbocycles. The van der Waals surface area contributed by atoms with Gasteiger partial charge in [-0.3, -0.25) is 19.3 Å². The average Bonchev–Trinajstić information content (AvgIpc) is 3.57. The van der Waals surface area contributed by atoms with Gasteiger partial charge in [0.05, 0.1) is 40.3 Å². The van der Waals surface area contributed by atoms with Crippen molar-refractivity contribution in [3.8, 4) is 10.4 Å². The first-order chi connectivity index (χ1) is 16.8. The number of alkyl halides is 1. The monoisotopic (exact) mass is 516 g/mol. The van der Waals surface area contributed by atoms with E-state index in [0.29, 0.717) is 11.4 Å². The molecule has 1 amide bonds. The van der Waals surface area contributed by atoms with E-state index in [2.05, 4.69) is 20.4 Å². The van der Waals surface area contributed by atoms with Crippen molar-refractivity contribution in [2.24, 2.45) is 5.92 Å². The number of fused-ring (bicyclic) bond motifs is 1. The summed E-state index contributed by atoms with van der Waals surface area (Å²) in [6.07, 6.45) is 3.28. The summed E-state index contributed by atoms with van der Waals surface area (Å²) in [7, 11) is 0. The average molecular weight is 517 g/mol. The Balaban J connectivity index is 1.24. The zero-order valence-corrected chi connectivity index (χ0v) is 21.4. The Hall–Kier alpha value is -2.20. The molecule has 3 aliphatic rings. The Morgan fingerprint density at radius 1 is 1.23 bits per heavy atom. The van der Waals surface area contributed by atoms with Crippen LogP contribution in [0.25, 0.3) is 10.4 Å². The number of carbonyl (C=O) groups excluding carboxylic acids is 3. The Kier molecular flexibility index (Phi) is 7.03. The molecule has 4 heterocycles. The number of Topliss-reactive ketones (excluding diaryl/α,β-unsaturated/α-hetero) is 2. The molecular formula is C25H29ClN4O4S. The van der Waals surface area contributed by atoms with Gasteiger partial charge in [0.1, 0.15) is 6.61 Å². The van der Waals surface area contributed by atoms with Crippen LogP contribution in [0.5, 0.6) is 0 Å². The van der Waals surface area contributed by atoms with Crippen LogP contribution in [0.3, 0.4) is 0 Å². The highest BCUT2D eigenvalue weighted by atomic mass is 35.5. The molecule has 2 aromatic heterocycles. The standard InChI is InChI=1S/C25H29ClN4O4S/c1-13-9-16(14(2)29-28-13)21-7-8-22(35-21)25(33)27-10-19(31)15-5-3-4-6-18(15)30-11-17(26)24-23(30)20(32)12-34-24/h7-9,15,17-18,23-24H,3-6,10-12H2,1-2H3,(H,27,33)/t15?,17-,18?,23+,24+/m0/s1. The van der Waals surface area contributed by atoms with E-state index < -0.39 is 0 Å². The van der Waals surface area contributed by atoms with Crippen LogP contribution in [0.15, 0.2) is 18.2 Å². The van der Waals surface area contributed by atoms with E-state index in [0.717, 1.165) is 47.5 Å². The lowest BCUT2D eigenvalue weighted by Crippen LogP contribution is -2.52. The second kappa shape index (κ2) is 10.0. The van der Waals surface area contributed by atoms with Crippen molar-refractivity contribution in [2.75, 3.05) is 19.7 Å². The molecule has 5 rings (SSSR count). The maximum absolute atomic E-state index is 13.3. The number of hydrogen-bond acceptors (Lipinski definition) is 8. The first kappa shape index (κ1) is 24.5. The smallest absolute Gasteiger partial charge is 0.261 e. The maximum atomic E-state index is 13.3. The second-order valence-corrected chi connectivity index (χ2v) is 11.3. The zero-order valence-electron chi connectivity index (χ0n) is 19.8. The number of likely N-dealkylation sites (tertiary alicyclic amines) is 1. The van der Waals surface area contributed by atoms with Gasteiger partial charge < -0.3 is 10.1 Å². The molecule has 8 nitrogen and oxygen atoms in total. The normalized spacial score (nSPS) is 28.8. The SMILES string of the molecule is Cc1cc(-c2ccc(C(=O)NCC(=O)C3CCCCC3N3C[C@H](Cl)[C@H]4OCC(=O)[C@H]43)s2)c(C)nn1. The molecule has 35 heavy (non-hydrogen) atoms. The number of amides is 1. The molecule has 2 aromatic rings. The topological polar surface area (TPSA) is 101 Å². The van der Waals surface area contributed by atoms with Crippen LogP contribution in [0, 0.1) is 19.8 Å². The highest BCUT2D eigenvalue weighted by Gasteiger charge is 2.53. The summed E-state index contributed by atoms with van der Waals surface area (Å²) in [6.45, 7) is 4.38. The summed E-state index contributed by atoms with van der Waals surface area (Å²) in [5, 5.41) is 10.8. The van der Waals surface area contributed by atoms with E-state index in [1.807, 2.05) is 26.0 Å². The Bertz CT molecular complexity index is 1150. The van der Waals surface area contributed by atoms with Gasteiger partial charge in [-0.2, -0.15) is 10.2 Å². The highest BCUT2D eigenvalue weighted by Crippen LogP contribution is 2.38. The molecule has 2 unspecified atom stereocenters. The van der Waals surface area contributed by atoms with Gasteiger partial charge in [0.15, 0.2) is 11.6 Å². The van der Waals surface area contributed by atoms with E-state index in [4.69, 9.17) is 16.3 Å². The number of nitrogens with one attached hydrogen (secondary N) is 1. The lowest BCUT2D eigenvalue weighted by molar-refractivity contribution is -0.128. The van der Waals surface area contributed by atoms with Crippen LogP contribution >= 0.6 is 22.9 Å². The van der Waals surface area contributed by atoms with Crippen molar-refractivity contribution in [3.63, 3.8) is 0 Å². The van der Waals surface area contributed by atoms with Crippen LogP contribution in [0.1, 0.15) is 46.7 Å². The number of rotatable bonds is 6. The number of carbonyl (C=O) groups is 3. The lowest BCUT2D eigenvalue weighted by atomic mass is 9.80. The van der Waals surface area contributed by atoms with Gasteiger partial charge in [-0.15, -0.1) is 22.9 Å². The molecule has 0 bridgehead atoms. The predicted octanol–water partition coefficient (Wildman–Crippen LogP) is 2.94. The minimum atomic E-state index is -0.357. The van der Waals surface area contributed by atoms with E-state index in [1.54, 1.807) is 6.07 Å². The summed E-state index contributed by atoms with van der Waals surface area (Å²) in [5.74, 6) is -0.440. The number of thiophene rings is 1. The minimum absolute atomic E-state index is 0.00516. The summed E-state index contributed by atoms with van der Waals surface area (Å²) in [5.41, 5.74) is 2.57. The molecule has 0 spiro atoms. The van der Waals surface area contributed by atoms with Crippen LogP contribution in [-0.4, -0.2) is 75.8 Å². The number of ketones is 2. The molecule has 0 aromatic carbocycles. The van der Waals surface area contributed by atoms with Gasteiger partial charge in [-0.25, -0.2) is 0 Å². The van der Waals surface area contributed by atoms with Gasteiger partial charge in [0.2, 0.25) is 0 Å². The molecule has 2 aliphatic heterocycles. The van der Waals surface area contributed by atoms with Gasteiger partial charge in [0, 0.05) is 28.9 Å². The van der Waals surface area contributed by atoms with E-state index in [1.165, 1.54) is 11.3 Å². The Morgan fingerprint density at radius 2 is 2.03 bits per heavy atom. The fourth-order valence-corrected chi connectivity index (χ4v) is 7.01. The fraction of sp³-hybridized carbons (Fsp3) is 0.560. The summed E-state index contributed by atoms with van der Waals surface area (Å²) < 4.78 is 5.62. The molecular weight excluding hydrogens is 488 g/mol. The van der Waals surface area contributed by atoms with Crippen molar-refractivity contribution in [2.45, 2.75) is 63.1 Å². The van der Waals surface area contributed by atoms with Crippen LogP contribution in [0.2, 0.25) is 0 Å². The quantitative estimate of drug-likeness (QED) is 0.589. The number of ether oxygens (including phenoxy) is 1. The number of aryl methyl sites for hydroxylation is 2. The largest absolute Gasteiger partial charge is 0.367 e. The van der Waals surface area contributed by atoms with Crippen molar-refractivity contribution < 1.29 is 19.1 Å². The summed E-state index contributed by atoms with van der Waals surface area (Å²) in [6, 6.07) is 5.22. The van der Waals surface area contributed by atoms with Gasteiger partial charge in [0.25, 0.3) is 5.91 Å². The van der Waals surface area contributed by atoms with Gasteiger partial charge >= 0.3 is 0 Å². The Labute approximate surface area is 213 Å². The molecule has 5 atom stereocenters. The first-order valence-corrected chi connectivity index (χ1v) is 13.3. The van der Waals surface area contributed by atoms with E-state index >= 15 is 0 Å². The molecule has 0 radical (unpaired) electrons. The van der Waals surface area contributed by atoms with Crippen molar-refractivity contribution in [1.29, 1.82) is 0 Å². The van der Waals surface area contributed by atoms with E-state index in [-0.39, 0.29) is 60.1 Å². The molecule has 1 aliphatic carbocycles. The fourth-order valence-electron chi connectivity index (χ4n) is 5.65. The maximum Gasteiger partial charge on any atom is 0.261 e. The number of halogens is 1. The van der Waals surface area contributed by atoms with Crippen molar-refractivity contribution in [1.82, 2.24) is 20.4 Å². The first-order valence-electron chi connectivity index (χ1n) is 12.1. The van der Waals surface area contributed by atoms with Crippen LogP contribution < -0.4 is 5.32 Å². The third-order valence-corrected chi connectivity index (χ3v) is 8.85. The molecule has 186 valence electrons.